The van der Waals surface area contributed by atoms with Crippen LogP contribution in [0.15, 0.2) is 78.4 Å². The summed E-state index contributed by atoms with van der Waals surface area (Å²) in [5.74, 6) is -1.77. The van der Waals surface area contributed by atoms with Gasteiger partial charge in [0.2, 0.25) is 0 Å². The zero-order valence-corrected chi connectivity index (χ0v) is 19.0. The van der Waals surface area contributed by atoms with E-state index in [-0.39, 0.29) is 12.1 Å². The average molecular weight is 487 g/mol. The number of aliphatic hydroxyl groups is 1. The lowest BCUT2D eigenvalue weighted by Crippen LogP contribution is -2.45. The van der Waals surface area contributed by atoms with Gasteiger partial charge in [-0.2, -0.15) is 15.5 Å². The van der Waals surface area contributed by atoms with Gasteiger partial charge in [0, 0.05) is 23.4 Å². The summed E-state index contributed by atoms with van der Waals surface area (Å²) in [5.41, 5.74) is -0.278. The first-order chi connectivity index (χ1) is 17.3. The summed E-state index contributed by atoms with van der Waals surface area (Å²) < 4.78 is 32.2. The summed E-state index contributed by atoms with van der Waals surface area (Å²) in [6.45, 7) is 1.25. The predicted molar refractivity (Wildman–Crippen MR) is 125 cm³/mol. The standard InChI is InChI=1S/C25H19F2N7O2/c1-16(25(36,13-32-15-29-14-31-32)22-7-6-20(26)9-23(22)27)34-24(35)33-12-19(8-21(33)11-30-34)18-4-2-17(10-28)3-5-18/h2-9,11-12,14-16,36H,13H2,1H3/t16-,25-/m1/s1. The normalized spacial score (nSPS) is 13.9. The zero-order valence-electron chi connectivity index (χ0n) is 19.0. The van der Waals surface area contributed by atoms with Crippen LogP contribution in [0.25, 0.3) is 16.6 Å². The topological polar surface area (TPSA) is 114 Å². The molecular weight excluding hydrogens is 468 g/mol. The molecule has 36 heavy (non-hydrogen) atoms. The fourth-order valence-corrected chi connectivity index (χ4v) is 4.23. The molecule has 0 saturated carbocycles. The van der Waals surface area contributed by atoms with Crippen LogP contribution in [0.3, 0.4) is 0 Å². The number of hydrogen-bond donors (Lipinski definition) is 1. The summed E-state index contributed by atoms with van der Waals surface area (Å²) in [6.07, 6.45) is 5.68. The molecule has 0 amide bonds. The molecule has 3 heterocycles. The maximum atomic E-state index is 14.9. The van der Waals surface area contributed by atoms with Gasteiger partial charge in [-0.1, -0.05) is 18.2 Å². The molecule has 3 aromatic heterocycles. The molecule has 5 rings (SSSR count). The molecule has 0 fully saturated rings. The monoisotopic (exact) mass is 487 g/mol. The van der Waals surface area contributed by atoms with Gasteiger partial charge in [-0.05, 0) is 36.8 Å². The first-order valence-corrected chi connectivity index (χ1v) is 10.9. The first-order valence-electron chi connectivity index (χ1n) is 10.9. The highest BCUT2D eigenvalue weighted by Crippen LogP contribution is 2.36. The third-order valence-electron chi connectivity index (χ3n) is 6.24. The number of halogens is 2. The summed E-state index contributed by atoms with van der Waals surface area (Å²) in [6, 6.07) is 12.5. The molecular formula is C25H19F2N7O2. The number of nitrogens with zero attached hydrogens (tertiary/aromatic N) is 7. The highest BCUT2D eigenvalue weighted by molar-refractivity contribution is 5.70. The van der Waals surface area contributed by atoms with E-state index in [4.69, 9.17) is 5.26 Å². The first kappa shape index (κ1) is 23.1. The zero-order chi connectivity index (χ0) is 25.4. The molecule has 0 saturated heterocycles. The van der Waals surface area contributed by atoms with Crippen LogP contribution >= 0.6 is 0 Å². The fourth-order valence-electron chi connectivity index (χ4n) is 4.23. The van der Waals surface area contributed by atoms with Gasteiger partial charge in [0.05, 0.1) is 35.9 Å². The molecule has 0 unspecified atom stereocenters. The Morgan fingerprint density at radius 3 is 2.56 bits per heavy atom. The fraction of sp³-hybridized carbons (Fsp3) is 0.160. The van der Waals surface area contributed by atoms with Crippen molar-refractivity contribution in [3.63, 3.8) is 0 Å². The number of rotatable bonds is 6. The summed E-state index contributed by atoms with van der Waals surface area (Å²) >= 11 is 0. The van der Waals surface area contributed by atoms with Crippen LogP contribution in [-0.2, 0) is 12.1 Å². The van der Waals surface area contributed by atoms with Crippen LogP contribution in [0.1, 0.15) is 24.1 Å². The SMILES string of the molecule is C[C@@H](n1ncc2cc(-c3ccc(C#N)cc3)cn2c1=O)[C@](O)(Cn1cncn1)c1ccc(F)cc1F. The molecule has 0 radical (unpaired) electrons. The van der Waals surface area contributed by atoms with Crippen molar-refractivity contribution in [1.29, 1.82) is 5.26 Å². The molecule has 9 nitrogen and oxygen atoms in total. The summed E-state index contributed by atoms with van der Waals surface area (Å²) in [4.78, 5) is 17.3. The van der Waals surface area contributed by atoms with E-state index in [2.05, 4.69) is 21.3 Å². The number of benzene rings is 2. The Kier molecular flexibility index (Phi) is 5.66. The van der Waals surface area contributed by atoms with Crippen molar-refractivity contribution >= 4 is 5.52 Å². The second-order valence-corrected chi connectivity index (χ2v) is 8.40. The van der Waals surface area contributed by atoms with E-state index in [1.165, 1.54) is 34.9 Å². The van der Waals surface area contributed by atoms with Gasteiger partial charge in [0.15, 0.2) is 0 Å². The molecule has 0 spiro atoms. The van der Waals surface area contributed by atoms with Crippen molar-refractivity contribution in [2.75, 3.05) is 0 Å². The van der Waals surface area contributed by atoms with Crippen molar-refractivity contribution in [2.45, 2.75) is 25.1 Å². The Labute approximate surface area is 203 Å². The minimum absolute atomic E-state index is 0.216. The van der Waals surface area contributed by atoms with Crippen LogP contribution < -0.4 is 5.69 Å². The number of aromatic nitrogens is 6. The van der Waals surface area contributed by atoms with E-state index in [1.54, 1.807) is 36.5 Å². The molecule has 0 aliphatic heterocycles. The highest BCUT2D eigenvalue weighted by Gasteiger charge is 2.41. The van der Waals surface area contributed by atoms with Crippen molar-refractivity contribution in [2.24, 2.45) is 0 Å². The lowest BCUT2D eigenvalue weighted by Gasteiger charge is -2.34. The van der Waals surface area contributed by atoms with Gasteiger partial charge in [-0.15, -0.1) is 0 Å². The molecule has 11 heteroatoms. The predicted octanol–water partition coefficient (Wildman–Crippen LogP) is 3.05. The van der Waals surface area contributed by atoms with Gasteiger partial charge < -0.3 is 5.11 Å². The summed E-state index contributed by atoms with van der Waals surface area (Å²) in [7, 11) is 0. The third-order valence-corrected chi connectivity index (χ3v) is 6.24. The maximum Gasteiger partial charge on any atom is 0.349 e. The minimum Gasteiger partial charge on any atom is -0.381 e. The van der Waals surface area contributed by atoms with Crippen LogP contribution in [0, 0.1) is 23.0 Å². The van der Waals surface area contributed by atoms with Crippen molar-refractivity contribution < 1.29 is 13.9 Å². The van der Waals surface area contributed by atoms with Crippen LogP contribution in [0.2, 0.25) is 0 Å². The summed E-state index contributed by atoms with van der Waals surface area (Å²) in [5, 5.41) is 29.0. The number of nitriles is 1. The van der Waals surface area contributed by atoms with Gasteiger partial charge in [0.25, 0.3) is 0 Å². The molecule has 5 aromatic rings. The second-order valence-electron chi connectivity index (χ2n) is 8.40. The Bertz CT molecular complexity index is 1650. The van der Waals surface area contributed by atoms with Gasteiger partial charge >= 0.3 is 5.69 Å². The highest BCUT2D eigenvalue weighted by atomic mass is 19.1. The third kappa shape index (κ3) is 3.93. The molecule has 0 bridgehead atoms. The van der Waals surface area contributed by atoms with Crippen molar-refractivity contribution in [3.05, 3.63) is 107 Å². The van der Waals surface area contributed by atoms with Crippen LogP contribution in [0.5, 0.6) is 0 Å². The smallest absolute Gasteiger partial charge is 0.349 e. The van der Waals surface area contributed by atoms with Gasteiger partial charge in [0.1, 0.15) is 29.9 Å². The largest absolute Gasteiger partial charge is 0.381 e. The van der Waals surface area contributed by atoms with E-state index in [9.17, 15) is 18.7 Å². The second kappa shape index (κ2) is 8.83. The average Bonchev–Trinajstić information content (AvgIpc) is 3.54. The quantitative estimate of drug-likeness (QED) is 0.394. The number of fused-ring (bicyclic) bond motifs is 1. The van der Waals surface area contributed by atoms with Crippen molar-refractivity contribution in [3.8, 4) is 17.2 Å². The maximum absolute atomic E-state index is 14.9. The lowest BCUT2D eigenvalue weighted by atomic mass is 9.86. The Morgan fingerprint density at radius 1 is 1.11 bits per heavy atom. The van der Waals surface area contributed by atoms with E-state index in [0.717, 1.165) is 27.9 Å². The van der Waals surface area contributed by atoms with Gasteiger partial charge in [-0.25, -0.2) is 27.9 Å². The molecule has 0 aliphatic carbocycles. The molecule has 1 N–H and O–H groups in total. The van der Waals surface area contributed by atoms with Crippen LogP contribution in [-0.4, -0.2) is 34.1 Å². The van der Waals surface area contributed by atoms with Crippen molar-refractivity contribution in [1.82, 2.24) is 28.9 Å². The van der Waals surface area contributed by atoms with E-state index < -0.39 is 29.0 Å². The molecule has 2 atom stereocenters. The Hall–Kier alpha value is -4.69. The van der Waals surface area contributed by atoms with Crippen LogP contribution in [0.4, 0.5) is 8.78 Å². The Balaban J connectivity index is 1.61. The molecule has 2 aromatic carbocycles. The Morgan fingerprint density at radius 2 is 1.89 bits per heavy atom. The van der Waals surface area contributed by atoms with Gasteiger partial charge in [-0.3, -0.25) is 4.40 Å². The number of hydrogen-bond acceptors (Lipinski definition) is 6. The molecule has 0 aliphatic rings. The van der Waals surface area contributed by atoms with E-state index >= 15 is 0 Å². The molecule has 180 valence electrons. The van der Waals surface area contributed by atoms with E-state index in [0.29, 0.717) is 17.1 Å². The minimum atomic E-state index is -2.04. The van der Waals surface area contributed by atoms with E-state index in [1.807, 2.05) is 0 Å². The lowest BCUT2D eigenvalue weighted by molar-refractivity contribution is -0.0390.